The summed E-state index contributed by atoms with van der Waals surface area (Å²) in [6.07, 6.45) is 1.13. The highest BCUT2D eigenvalue weighted by molar-refractivity contribution is 7.80. The lowest BCUT2D eigenvalue weighted by Crippen LogP contribution is -2.23. The minimum Gasteiger partial charge on any atom is -0.389 e. The van der Waals surface area contributed by atoms with Gasteiger partial charge in [-0.3, -0.25) is 0 Å². The summed E-state index contributed by atoms with van der Waals surface area (Å²) in [5, 5.41) is 0.661. The molecule has 0 aromatic heterocycles. The van der Waals surface area contributed by atoms with Crippen LogP contribution in [0, 0.1) is 5.92 Å². The van der Waals surface area contributed by atoms with Crippen LogP contribution in [-0.4, -0.2) is 18.6 Å². The van der Waals surface area contributed by atoms with Crippen LogP contribution in [0.5, 0.6) is 0 Å². The average Bonchev–Trinajstić information content (AvgIpc) is 2.25. The van der Waals surface area contributed by atoms with Gasteiger partial charge < -0.3 is 10.6 Å². The summed E-state index contributed by atoms with van der Waals surface area (Å²) < 4.78 is 0. The van der Waals surface area contributed by atoms with E-state index >= 15 is 0 Å². The van der Waals surface area contributed by atoms with E-state index in [1.807, 2.05) is 25.2 Å². The van der Waals surface area contributed by atoms with Crippen LogP contribution in [0.3, 0.4) is 0 Å². The Morgan fingerprint density at radius 2 is 2.12 bits per heavy atom. The minimum atomic E-state index is 0.388. The van der Waals surface area contributed by atoms with E-state index < -0.39 is 0 Å². The van der Waals surface area contributed by atoms with Gasteiger partial charge in [-0.25, -0.2) is 0 Å². The summed E-state index contributed by atoms with van der Waals surface area (Å²) in [6.45, 7) is 5.41. The van der Waals surface area contributed by atoms with E-state index in [1.54, 1.807) is 0 Å². The number of anilines is 1. The zero-order valence-corrected chi connectivity index (χ0v) is 12.1. The van der Waals surface area contributed by atoms with Gasteiger partial charge in [-0.2, -0.15) is 0 Å². The molecule has 0 heterocycles. The van der Waals surface area contributed by atoms with Gasteiger partial charge in [-0.1, -0.05) is 37.7 Å². The minimum absolute atomic E-state index is 0.388. The largest absolute Gasteiger partial charge is 0.389 e. The maximum atomic E-state index is 5.96. The van der Waals surface area contributed by atoms with Crippen LogP contribution in [0.1, 0.15) is 25.8 Å². The standard InChI is InChI=1S/C13H19ClN2S/c1-9(2)6-7-16(3)12-5-4-10(14)8-11(12)13(15)17/h4-5,8-9H,6-7H2,1-3H3,(H2,15,17). The molecule has 1 rings (SSSR count). The predicted octanol–water partition coefficient (Wildman–Crippen LogP) is 3.46. The van der Waals surface area contributed by atoms with Crippen molar-refractivity contribution in [2.75, 3.05) is 18.5 Å². The van der Waals surface area contributed by atoms with Gasteiger partial charge in [0.05, 0.1) is 0 Å². The molecule has 0 radical (unpaired) electrons. The number of rotatable bonds is 5. The van der Waals surface area contributed by atoms with Crippen molar-refractivity contribution >= 4 is 34.5 Å². The Hall–Kier alpha value is -0.800. The van der Waals surface area contributed by atoms with Crippen LogP contribution in [0.15, 0.2) is 18.2 Å². The number of halogens is 1. The fraction of sp³-hybridized carbons (Fsp3) is 0.462. The zero-order valence-electron chi connectivity index (χ0n) is 10.5. The zero-order chi connectivity index (χ0) is 13.0. The Kier molecular flexibility index (Phi) is 5.22. The summed E-state index contributed by atoms with van der Waals surface area (Å²) in [5.74, 6) is 0.679. The molecular weight excluding hydrogens is 252 g/mol. The topological polar surface area (TPSA) is 29.3 Å². The van der Waals surface area contributed by atoms with Crippen molar-refractivity contribution in [1.82, 2.24) is 0 Å². The number of thiocarbonyl (C=S) groups is 1. The van der Waals surface area contributed by atoms with Crippen molar-refractivity contribution in [2.45, 2.75) is 20.3 Å². The molecule has 2 nitrogen and oxygen atoms in total. The highest BCUT2D eigenvalue weighted by atomic mass is 35.5. The fourth-order valence-electron chi connectivity index (χ4n) is 1.61. The second kappa shape index (κ2) is 6.22. The second-order valence-electron chi connectivity index (χ2n) is 4.63. The van der Waals surface area contributed by atoms with Crippen molar-refractivity contribution in [1.29, 1.82) is 0 Å². The first-order chi connectivity index (χ1) is 7.91. The van der Waals surface area contributed by atoms with Crippen molar-refractivity contribution in [3.05, 3.63) is 28.8 Å². The summed E-state index contributed by atoms with van der Waals surface area (Å²) in [6, 6.07) is 5.66. The lowest BCUT2D eigenvalue weighted by Gasteiger charge is -2.23. The van der Waals surface area contributed by atoms with Gasteiger partial charge >= 0.3 is 0 Å². The van der Waals surface area contributed by atoms with Crippen molar-refractivity contribution in [3.63, 3.8) is 0 Å². The summed E-state index contributed by atoms with van der Waals surface area (Å²) in [7, 11) is 2.05. The molecular formula is C13H19ClN2S. The molecule has 1 aromatic carbocycles. The molecule has 0 unspecified atom stereocenters. The Labute approximate surface area is 114 Å². The van der Waals surface area contributed by atoms with Gasteiger partial charge in [-0.15, -0.1) is 0 Å². The maximum absolute atomic E-state index is 5.96. The molecule has 0 fully saturated rings. The van der Waals surface area contributed by atoms with Gasteiger partial charge in [0.15, 0.2) is 0 Å². The van der Waals surface area contributed by atoms with Gasteiger partial charge in [-0.05, 0) is 30.5 Å². The third kappa shape index (κ3) is 4.17. The molecule has 0 bridgehead atoms. The molecule has 0 aliphatic rings. The van der Waals surface area contributed by atoms with E-state index in [2.05, 4.69) is 18.7 Å². The van der Waals surface area contributed by atoms with Crippen LogP contribution < -0.4 is 10.6 Å². The third-order valence-corrected chi connectivity index (χ3v) is 3.13. The number of hydrogen-bond donors (Lipinski definition) is 1. The molecule has 0 saturated carbocycles. The van der Waals surface area contributed by atoms with Crippen LogP contribution in [-0.2, 0) is 0 Å². The maximum Gasteiger partial charge on any atom is 0.106 e. The Morgan fingerprint density at radius 1 is 1.47 bits per heavy atom. The third-order valence-electron chi connectivity index (χ3n) is 2.68. The quantitative estimate of drug-likeness (QED) is 0.831. The molecule has 0 spiro atoms. The van der Waals surface area contributed by atoms with Crippen molar-refractivity contribution in [3.8, 4) is 0 Å². The normalized spacial score (nSPS) is 10.6. The number of nitrogens with two attached hydrogens (primary N) is 1. The molecule has 0 saturated heterocycles. The summed E-state index contributed by atoms with van der Waals surface area (Å²) >= 11 is 11.0. The van der Waals surface area contributed by atoms with Crippen LogP contribution in [0.2, 0.25) is 5.02 Å². The molecule has 1 aromatic rings. The van der Waals surface area contributed by atoms with E-state index in [9.17, 15) is 0 Å². The smallest absolute Gasteiger partial charge is 0.106 e. The molecule has 17 heavy (non-hydrogen) atoms. The second-order valence-corrected chi connectivity index (χ2v) is 5.51. The van der Waals surface area contributed by atoms with Crippen LogP contribution in [0.4, 0.5) is 5.69 Å². The average molecular weight is 271 g/mol. The van der Waals surface area contributed by atoms with E-state index in [0.717, 1.165) is 24.2 Å². The van der Waals surface area contributed by atoms with E-state index in [1.165, 1.54) is 0 Å². The van der Waals surface area contributed by atoms with E-state index in [4.69, 9.17) is 29.6 Å². The van der Waals surface area contributed by atoms with E-state index in [-0.39, 0.29) is 0 Å². The lowest BCUT2D eigenvalue weighted by molar-refractivity contribution is 0.585. The molecule has 94 valence electrons. The molecule has 0 atom stereocenters. The van der Waals surface area contributed by atoms with Gasteiger partial charge in [0.1, 0.15) is 4.99 Å². The molecule has 0 aliphatic heterocycles. The van der Waals surface area contributed by atoms with Crippen molar-refractivity contribution < 1.29 is 0 Å². The SMILES string of the molecule is CC(C)CCN(C)c1ccc(Cl)cc1C(N)=S. The summed E-state index contributed by atoms with van der Waals surface area (Å²) in [5.41, 5.74) is 7.61. The first-order valence-electron chi connectivity index (χ1n) is 5.72. The monoisotopic (exact) mass is 270 g/mol. The first kappa shape index (κ1) is 14.3. The number of hydrogen-bond acceptors (Lipinski definition) is 2. The fourth-order valence-corrected chi connectivity index (χ4v) is 1.95. The molecule has 0 aliphatic carbocycles. The van der Waals surface area contributed by atoms with Crippen LogP contribution in [0.25, 0.3) is 0 Å². The lowest BCUT2D eigenvalue weighted by atomic mass is 10.1. The molecule has 0 amide bonds. The van der Waals surface area contributed by atoms with Crippen LogP contribution >= 0.6 is 23.8 Å². The van der Waals surface area contributed by atoms with E-state index in [0.29, 0.717) is 15.9 Å². The Bertz CT molecular complexity index is 404. The predicted molar refractivity (Wildman–Crippen MR) is 80.1 cm³/mol. The Balaban J connectivity index is 2.92. The van der Waals surface area contributed by atoms with Gasteiger partial charge in [0.2, 0.25) is 0 Å². The number of benzene rings is 1. The number of nitrogens with zero attached hydrogens (tertiary/aromatic N) is 1. The Morgan fingerprint density at radius 3 is 2.65 bits per heavy atom. The molecule has 2 N–H and O–H groups in total. The first-order valence-corrected chi connectivity index (χ1v) is 6.51. The summed E-state index contributed by atoms with van der Waals surface area (Å²) in [4.78, 5) is 2.56. The van der Waals surface area contributed by atoms with Gasteiger partial charge in [0, 0.05) is 29.9 Å². The van der Waals surface area contributed by atoms with Crippen molar-refractivity contribution in [2.24, 2.45) is 11.7 Å². The highest BCUT2D eigenvalue weighted by Gasteiger charge is 2.10. The molecule has 4 heteroatoms. The van der Waals surface area contributed by atoms with Gasteiger partial charge in [0.25, 0.3) is 0 Å². The highest BCUT2D eigenvalue weighted by Crippen LogP contribution is 2.24.